The van der Waals surface area contributed by atoms with Crippen LogP contribution in [0.2, 0.25) is 5.02 Å². The number of nitro groups is 1. The summed E-state index contributed by atoms with van der Waals surface area (Å²) in [4.78, 5) is 10.6. The van der Waals surface area contributed by atoms with Crippen LogP contribution in [0.15, 0.2) is 48.7 Å². The van der Waals surface area contributed by atoms with Gasteiger partial charge in [0, 0.05) is 22.8 Å². The van der Waals surface area contributed by atoms with Crippen molar-refractivity contribution in [2.75, 3.05) is 0 Å². The van der Waals surface area contributed by atoms with Crippen molar-refractivity contribution < 1.29 is 9.31 Å². The quantitative estimate of drug-likeness (QED) is 0.532. The molecule has 0 bridgehead atoms. The number of nitrogens with zero attached hydrogens (tertiary/aromatic N) is 2. The van der Waals surface area contributed by atoms with E-state index in [1.54, 1.807) is 29.0 Å². The first kappa shape index (κ1) is 13.6. The van der Waals surface area contributed by atoms with E-state index < -0.39 is 4.92 Å². The first-order valence-corrected chi connectivity index (χ1v) is 6.59. The highest BCUT2D eigenvalue weighted by molar-refractivity contribution is 6.30. The number of nitro benzene ring substituents is 1. The molecule has 0 N–H and O–H groups in total. The molecule has 21 heavy (non-hydrogen) atoms. The Morgan fingerprint density at radius 2 is 2.00 bits per heavy atom. The van der Waals surface area contributed by atoms with Crippen molar-refractivity contribution in [1.29, 1.82) is 0 Å². The summed E-state index contributed by atoms with van der Waals surface area (Å²) in [6.45, 7) is 0.278. The van der Waals surface area contributed by atoms with Crippen LogP contribution in [0.25, 0.3) is 10.9 Å². The van der Waals surface area contributed by atoms with Crippen molar-refractivity contribution in [3.63, 3.8) is 0 Å². The molecule has 0 aliphatic heterocycles. The fraction of sp³-hybridized carbons (Fsp3) is 0.0667. The lowest BCUT2D eigenvalue weighted by Crippen LogP contribution is -2.02. The zero-order valence-corrected chi connectivity index (χ0v) is 11.5. The molecule has 0 saturated heterocycles. The van der Waals surface area contributed by atoms with E-state index in [-0.39, 0.29) is 18.0 Å². The Bertz CT molecular complexity index is 845. The Morgan fingerprint density at radius 3 is 2.76 bits per heavy atom. The van der Waals surface area contributed by atoms with Gasteiger partial charge in [0.25, 0.3) is 5.69 Å². The zero-order chi connectivity index (χ0) is 15.0. The van der Waals surface area contributed by atoms with Crippen molar-refractivity contribution in [3.8, 4) is 0 Å². The van der Waals surface area contributed by atoms with Gasteiger partial charge >= 0.3 is 0 Å². The summed E-state index contributed by atoms with van der Waals surface area (Å²) in [6.07, 6.45) is 1.78. The number of benzene rings is 2. The minimum atomic E-state index is -0.465. The van der Waals surface area contributed by atoms with E-state index in [0.717, 1.165) is 5.39 Å². The molecule has 0 atom stereocenters. The average Bonchev–Trinajstić information content (AvgIpc) is 2.83. The van der Waals surface area contributed by atoms with Crippen LogP contribution in [0.4, 0.5) is 10.1 Å². The number of hydrogen-bond donors (Lipinski definition) is 0. The van der Waals surface area contributed by atoms with Gasteiger partial charge in [-0.05, 0) is 41.8 Å². The maximum Gasteiger partial charge on any atom is 0.275 e. The van der Waals surface area contributed by atoms with E-state index in [1.807, 2.05) is 6.07 Å². The number of fused-ring (bicyclic) bond motifs is 1. The third-order valence-corrected chi connectivity index (χ3v) is 3.56. The largest absolute Gasteiger partial charge is 0.343 e. The lowest BCUT2D eigenvalue weighted by molar-refractivity contribution is -0.385. The van der Waals surface area contributed by atoms with Gasteiger partial charge in [-0.1, -0.05) is 11.6 Å². The van der Waals surface area contributed by atoms with Crippen LogP contribution in [-0.4, -0.2) is 9.49 Å². The maximum absolute atomic E-state index is 13.4. The van der Waals surface area contributed by atoms with Crippen LogP contribution < -0.4 is 0 Å². The van der Waals surface area contributed by atoms with E-state index in [4.69, 9.17) is 11.6 Å². The van der Waals surface area contributed by atoms with Gasteiger partial charge < -0.3 is 4.57 Å². The molecule has 1 aromatic heterocycles. The molecule has 0 aliphatic rings. The molecule has 0 saturated carbocycles. The minimum Gasteiger partial charge on any atom is -0.343 e. The summed E-state index contributed by atoms with van der Waals surface area (Å²) in [7, 11) is 0. The lowest BCUT2D eigenvalue weighted by atomic mass is 10.1. The monoisotopic (exact) mass is 304 g/mol. The predicted octanol–water partition coefficient (Wildman–Crippen LogP) is 4.39. The Morgan fingerprint density at radius 1 is 1.19 bits per heavy atom. The van der Waals surface area contributed by atoms with E-state index >= 15 is 0 Å². The van der Waals surface area contributed by atoms with Crippen LogP contribution in [0.3, 0.4) is 0 Å². The molecule has 0 unspecified atom stereocenters. The first-order chi connectivity index (χ1) is 10.0. The van der Waals surface area contributed by atoms with Gasteiger partial charge in [-0.3, -0.25) is 10.1 Å². The summed E-state index contributed by atoms with van der Waals surface area (Å²) in [5, 5.41) is 12.3. The van der Waals surface area contributed by atoms with Gasteiger partial charge in [-0.15, -0.1) is 0 Å². The fourth-order valence-electron chi connectivity index (χ4n) is 2.32. The van der Waals surface area contributed by atoms with Crippen molar-refractivity contribution in [2.45, 2.75) is 6.54 Å². The molecule has 6 heteroatoms. The van der Waals surface area contributed by atoms with Gasteiger partial charge in [0.05, 0.1) is 17.0 Å². The summed E-state index contributed by atoms with van der Waals surface area (Å²) in [5.41, 5.74) is 1.17. The van der Waals surface area contributed by atoms with Crippen molar-refractivity contribution >= 4 is 28.2 Å². The second-order valence-electron chi connectivity index (χ2n) is 4.68. The number of hydrogen-bond acceptors (Lipinski definition) is 2. The predicted molar refractivity (Wildman–Crippen MR) is 79.1 cm³/mol. The highest BCUT2D eigenvalue weighted by Gasteiger charge is 2.15. The SMILES string of the molecule is O=[N+]([O-])c1cc(Cl)ccc1Cn1ccc2ccc(F)cc21. The van der Waals surface area contributed by atoms with E-state index in [1.165, 1.54) is 18.2 Å². The van der Waals surface area contributed by atoms with Crippen LogP contribution in [0.5, 0.6) is 0 Å². The van der Waals surface area contributed by atoms with Gasteiger partial charge in [0.1, 0.15) is 5.82 Å². The Labute approximate surface area is 124 Å². The molecule has 3 aromatic rings. The molecule has 106 valence electrons. The molecule has 2 aromatic carbocycles. The Hall–Kier alpha value is -2.40. The molecule has 3 rings (SSSR count). The normalized spacial score (nSPS) is 11.0. The molecule has 0 aliphatic carbocycles. The maximum atomic E-state index is 13.4. The summed E-state index contributed by atoms with van der Waals surface area (Å²) in [6, 6.07) is 10.9. The minimum absolute atomic E-state index is 0.0410. The molecular formula is C15H10ClFN2O2. The fourth-order valence-corrected chi connectivity index (χ4v) is 2.49. The Balaban J connectivity index is 2.06. The second-order valence-corrected chi connectivity index (χ2v) is 5.11. The van der Waals surface area contributed by atoms with E-state index in [0.29, 0.717) is 16.1 Å². The summed E-state index contributed by atoms with van der Waals surface area (Å²) < 4.78 is 15.1. The van der Waals surface area contributed by atoms with Crippen molar-refractivity contribution in [1.82, 2.24) is 4.57 Å². The number of rotatable bonds is 3. The van der Waals surface area contributed by atoms with Gasteiger partial charge in [0.2, 0.25) is 0 Å². The summed E-state index contributed by atoms with van der Waals surface area (Å²) in [5.74, 6) is -0.340. The summed E-state index contributed by atoms with van der Waals surface area (Å²) >= 11 is 5.80. The third-order valence-electron chi connectivity index (χ3n) is 3.32. The highest BCUT2D eigenvalue weighted by Crippen LogP contribution is 2.26. The molecule has 1 heterocycles. The Kier molecular flexibility index (Phi) is 3.35. The standard InChI is InChI=1S/C15H10ClFN2O2/c16-12-3-1-11(15(7-12)19(20)21)9-18-6-5-10-2-4-13(17)8-14(10)18/h1-8H,9H2. The third kappa shape index (κ3) is 2.60. The van der Waals surface area contributed by atoms with E-state index in [2.05, 4.69) is 0 Å². The molecule has 0 radical (unpaired) electrons. The smallest absolute Gasteiger partial charge is 0.275 e. The second kappa shape index (κ2) is 5.18. The van der Waals surface area contributed by atoms with Crippen molar-refractivity contribution in [2.24, 2.45) is 0 Å². The molecule has 0 amide bonds. The molecule has 0 fully saturated rings. The first-order valence-electron chi connectivity index (χ1n) is 6.22. The topological polar surface area (TPSA) is 48.1 Å². The van der Waals surface area contributed by atoms with Crippen LogP contribution >= 0.6 is 11.6 Å². The zero-order valence-electron chi connectivity index (χ0n) is 10.8. The van der Waals surface area contributed by atoms with Crippen LogP contribution in [-0.2, 0) is 6.54 Å². The highest BCUT2D eigenvalue weighted by atomic mass is 35.5. The number of aromatic nitrogens is 1. The van der Waals surface area contributed by atoms with Gasteiger partial charge in [0.15, 0.2) is 0 Å². The van der Waals surface area contributed by atoms with Crippen LogP contribution in [0.1, 0.15) is 5.56 Å². The number of halogens is 2. The van der Waals surface area contributed by atoms with Gasteiger partial charge in [-0.2, -0.15) is 0 Å². The van der Waals surface area contributed by atoms with Crippen LogP contribution in [0, 0.1) is 15.9 Å². The van der Waals surface area contributed by atoms with E-state index in [9.17, 15) is 14.5 Å². The van der Waals surface area contributed by atoms with Crippen molar-refractivity contribution in [3.05, 3.63) is 75.2 Å². The molecular weight excluding hydrogens is 295 g/mol. The average molecular weight is 305 g/mol. The molecule has 0 spiro atoms. The molecule has 4 nitrogen and oxygen atoms in total. The van der Waals surface area contributed by atoms with Gasteiger partial charge in [-0.25, -0.2) is 4.39 Å². The lowest BCUT2D eigenvalue weighted by Gasteiger charge is -2.07.